The number of amides is 2. The van der Waals surface area contributed by atoms with Crippen LogP contribution in [-0.2, 0) is 14.3 Å². The Labute approximate surface area is 158 Å². The van der Waals surface area contributed by atoms with Crippen molar-refractivity contribution >= 4 is 11.8 Å². The Morgan fingerprint density at radius 2 is 1.64 bits per heavy atom. The topological polar surface area (TPSA) is 87.7 Å². The van der Waals surface area contributed by atoms with Crippen molar-refractivity contribution in [2.75, 3.05) is 13.2 Å². The average Bonchev–Trinajstić information content (AvgIpc) is 2.67. The molecular weight excluding hydrogens is 377 g/mol. The highest BCUT2D eigenvalue weighted by atomic mass is 19.2. The second-order valence-electron chi connectivity index (χ2n) is 6.81. The summed E-state index contributed by atoms with van der Waals surface area (Å²) in [6.07, 6.45) is 0. The van der Waals surface area contributed by atoms with E-state index in [1.54, 1.807) is 6.92 Å². The molecule has 3 N–H and O–H groups in total. The number of halogens is 3. The first-order valence-corrected chi connectivity index (χ1v) is 8.33. The summed E-state index contributed by atoms with van der Waals surface area (Å²) in [4.78, 5) is 24.4. The number of hydroxylamine groups is 1. The van der Waals surface area contributed by atoms with Gasteiger partial charge < -0.3 is 10.1 Å². The van der Waals surface area contributed by atoms with Crippen LogP contribution in [-0.4, -0.2) is 30.2 Å². The van der Waals surface area contributed by atoms with Crippen molar-refractivity contribution in [1.29, 1.82) is 0 Å². The van der Waals surface area contributed by atoms with Crippen LogP contribution >= 0.6 is 0 Å². The minimum Gasteiger partial charge on any atom is -0.379 e. The predicted molar refractivity (Wildman–Crippen MR) is 91.5 cm³/mol. The second kappa shape index (κ2) is 7.61. The molecule has 1 heterocycles. The third-order valence-electron chi connectivity index (χ3n) is 4.60. The Kier molecular flexibility index (Phi) is 5.39. The molecule has 0 aromatic heterocycles. The average molecular weight is 394 g/mol. The molecule has 2 aromatic rings. The van der Waals surface area contributed by atoms with Gasteiger partial charge in [0.2, 0.25) is 5.91 Å². The molecule has 1 unspecified atom stereocenters. The van der Waals surface area contributed by atoms with Crippen LogP contribution in [0, 0.1) is 22.9 Å². The molecule has 2 aromatic carbocycles. The number of hydrogen-bond acceptors (Lipinski definition) is 4. The Balaban J connectivity index is 1.86. The first-order valence-electron chi connectivity index (χ1n) is 8.33. The number of carbonyl (C=O) groups excluding carboxylic acids is 2. The van der Waals surface area contributed by atoms with Gasteiger partial charge in [-0.05, 0) is 35.7 Å². The van der Waals surface area contributed by atoms with E-state index in [1.165, 1.54) is 29.7 Å². The summed E-state index contributed by atoms with van der Waals surface area (Å²) in [6.45, 7) is 2.11. The van der Waals surface area contributed by atoms with Crippen LogP contribution in [0.15, 0.2) is 36.4 Å². The molecule has 0 aliphatic carbocycles. The molecule has 0 radical (unpaired) electrons. The third-order valence-corrected chi connectivity index (χ3v) is 4.60. The maximum absolute atomic E-state index is 13.4. The van der Waals surface area contributed by atoms with Crippen molar-refractivity contribution in [3.63, 3.8) is 0 Å². The van der Waals surface area contributed by atoms with Crippen molar-refractivity contribution in [2.45, 2.75) is 13.0 Å². The standard InChI is InChI=1S/C19H17F3N2O4/c1-19(8-28-9-19)18(26)23-16(17(25)24-27)11-4-2-10(3-5-11)12-6-13(20)15(22)14(21)7-12/h2-7,16,27H,8-9H2,1H3,(H,23,26)(H,24,25). The van der Waals surface area contributed by atoms with E-state index in [2.05, 4.69) is 5.32 Å². The largest absolute Gasteiger partial charge is 0.379 e. The SMILES string of the molecule is CC1(C(=O)NC(C(=O)NO)c2ccc(-c3cc(F)c(F)c(F)c3)cc2)COC1. The quantitative estimate of drug-likeness (QED) is 0.413. The molecule has 1 saturated heterocycles. The first-order chi connectivity index (χ1) is 13.2. The lowest BCUT2D eigenvalue weighted by atomic mass is 9.87. The highest BCUT2D eigenvalue weighted by Gasteiger charge is 2.42. The lowest BCUT2D eigenvalue weighted by molar-refractivity contribution is -0.159. The fraction of sp³-hybridized carbons (Fsp3) is 0.263. The zero-order valence-corrected chi connectivity index (χ0v) is 14.8. The van der Waals surface area contributed by atoms with E-state index in [1.807, 2.05) is 0 Å². The summed E-state index contributed by atoms with van der Waals surface area (Å²) in [7, 11) is 0. The van der Waals surface area contributed by atoms with Crippen LogP contribution in [0.3, 0.4) is 0 Å². The van der Waals surface area contributed by atoms with Gasteiger partial charge in [-0.3, -0.25) is 14.8 Å². The van der Waals surface area contributed by atoms with Crippen LogP contribution in [0.2, 0.25) is 0 Å². The zero-order chi connectivity index (χ0) is 20.5. The van der Waals surface area contributed by atoms with Crippen LogP contribution in [0.25, 0.3) is 11.1 Å². The van der Waals surface area contributed by atoms with Gasteiger partial charge in [-0.2, -0.15) is 0 Å². The van der Waals surface area contributed by atoms with Crippen molar-refractivity contribution in [3.05, 3.63) is 59.4 Å². The van der Waals surface area contributed by atoms with Gasteiger partial charge in [0.25, 0.3) is 5.91 Å². The van der Waals surface area contributed by atoms with Crippen molar-refractivity contribution < 1.29 is 32.7 Å². The summed E-state index contributed by atoms with van der Waals surface area (Å²) in [5, 5.41) is 11.5. The molecular formula is C19H17F3N2O4. The van der Waals surface area contributed by atoms with Gasteiger partial charge in [-0.25, -0.2) is 18.7 Å². The van der Waals surface area contributed by atoms with Gasteiger partial charge in [0.05, 0.1) is 18.6 Å². The Hall–Kier alpha value is -2.91. The summed E-state index contributed by atoms with van der Waals surface area (Å²) in [5.41, 5.74) is 1.54. The number of rotatable bonds is 5. The molecule has 1 aliphatic rings. The molecule has 0 bridgehead atoms. The molecule has 3 rings (SSSR count). The van der Waals surface area contributed by atoms with E-state index >= 15 is 0 Å². The molecule has 6 nitrogen and oxygen atoms in total. The van der Waals surface area contributed by atoms with Crippen LogP contribution in [0.5, 0.6) is 0 Å². The maximum Gasteiger partial charge on any atom is 0.270 e. The number of carbonyl (C=O) groups is 2. The van der Waals surface area contributed by atoms with Gasteiger partial charge in [-0.1, -0.05) is 24.3 Å². The Morgan fingerprint density at radius 3 is 2.11 bits per heavy atom. The van der Waals surface area contributed by atoms with E-state index in [4.69, 9.17) is 9.94 Å². The van der Waals surface area contributed by atoms with E-state index < -0.39 is 40.7 Å². The van der Waals surface area contributed by atoms with Crippen molar-refractivity contribution in [3.8, 4) is 11.1 Å². The summed E-state index contributed by atoms with van der Waals surface area (Å²) in [5.74, 6) is -5.47. The predicted octanol–water partition coefficient (Wildman–Crippen LogP) is 2.47. The number of ether oxygens (including phenoxy) is 1. The first kappa shape index (κ1) is 19.8. The van der Waals surface area contributed by atoms with Crippen LogP contribution in [0.1, 0.15) is 18.5 Å². The van der Waals surface area contributed by atoms with Crippen LogP contribution in [0.4, 0.5) is 13.2 Å². The summed E-state index contributed by atoms with van der Waals surface area (Å²) in [6, 6.07) is 6.34. The van der Waals surface area contributed by atoms with E-state index in [0.29, 0.717) is 11.1 Å². The normalized spacial score (nSPS) is 16.0. The summed E-state index contributed by atoms with van der Waals surface area (Å²) < 4.78 is 45.0. The van der Waals surface area contributed by atoms with Gasteiger partial charge in [0, 0.05) is 0 Å². The molecule has 1 aliphatic heterocycles. The third kappa shape index (κ3) is 3.71. The van der Waals surface area contributed by atoms with Gasteiger partial charge in [0.15, 0.2) is 17.5 Å². The van der Waals surface area contributed by atoms with E-state index in [-0.39, 0.29) is 18.8 Å². The smallest absolute Gasteiger partial charge is 0.270 e. The minimum absolute atomic E-state index is 0.106. The molecule has 0 spiro atoms. The summed E-state index contributed by atoms with van der Waals surface area (Å²) >= 11 is 0. The molecule has 28 heavy (non-hydrogen) atoms. The fourth-order valence-corrected chi connectivity index (χ4v) is 2.80. The molecule has 2 amide bonds. The van der Waals surface area contributed by atoms with Gasteiger partial charge in [-0.15, -0.1) is 0 Å². The Bertz CT molecular complexity index is 891. The van der Waals surface area contributed by atoms with Gasteiger partial charge in [0.1, 0.15) is 6.04 Å². The highest BCUT2D eigenvalue weighted by molar-refractivity contribution is 5.91. The zero-order valence-electron chi connectivity index (χ0n) is 14.8. The molecule has 1 fully saturated rings. The molecule has 9 heteroatoms. The highest BCUT2D eigenvalue weighted by Crippen LogP contribution is 2.29. The maximum atomic E-state index is 13.4. The van der Waals surface area contributed by atoms with Crippen LogP contribution < -0.4 is 10.8 Å². The number of benzene rings is 2. The van der Waals surface area contributed by atoms with Crippen molar-refractivity contribution in [1.82, 2.24) is 10.8 Å². The minimum atomic E-state index is -1.56. The molecule has 1 atom stereocenters. The number of hydrogen-bond donors (Lipinski definition) is 3. The molecule has 0 saturated carbocycles. The lowest BCUT2D eigenvalue weighted by Gasteiger charge is -2.37. The molecule has 148 valence electrons. The monoisotopic (exact) mass is 394 g/mol. The van der Waals surface area contributed by atoms with Crippen molar-refractivity contribution in [2.24, 2.45) is 5.41 Å². The van der Waals surface area contributed by atoms with E-state index in [9.17, 15) is 22.8 Å². The Morgan fingerprint density at radius 1 is 1.07 bits per heavy atom. The fourth-order valence-electron chi connectivity index (χ4n) is 2.80. The lowest BCUT2D eigenvalue weighted by Crippen LogP contribution is -2.54. The van der Waals surface area contributed by atoms with Gasteiger partial charge >= 0.3 is 0 Å². The van der Waals surface area contributed by atoms with E-state index in [0.717, 1.165) is 12.1 Å². The number of nitrogens with one attached hydrogen (secondary N) is 2. The second-order valence-corrected chi connectivity index (χ2v) is 6.81.